The van der Waals surface area contributed by atoms with Gasteiger partial charge in [-0.15, -0.1) is 11.8 Å². The summed E-state index contributed by atoms with van der Waals surface area (Å²) in [6, 6.07) is 5.67. The Balaban J connectivity index is 1.32. The highest BCUT2D eigenvalue weighted by Crippen LogP contribution is 2.71. The summed E-state index contributed by atoms with van der Waals surface area (Å²) in [6.45, 7) is 0. The smallest absolute Gasteiger partial charge is 0.305 e. The quantitative estimate of drug-likeness (QED) is 0.630. The molecule has 2 aromatic rings. The number of benzene rings is 1. The third-order valence-corrected chi connectivity index (χ3v) is 11.6. The number of aromatic nitrogens is 1. The third-order valence-electron chi connectivity index (χ3n) is 8.89. The molecule has 5 nitrogen and oxygen atoms in total. The molecular formula is C24H23FN2O3S2. The predicted octanol–water partition coefficient (Wildman–Crippen LogP) is 4.32. The molecule has 4 fully saturated rings. The molecule has 0 radical (unpaired) electrons. The molecule has 1 aromatic carbocycles. The number of hydrogen-bond acceptors (Lipinski definition) is 5. The van der Waals surface area contributed by atoms with Gasteiger partial charge in [0.05, 0.1) is 22.5 Å². The van der Waals surface area contributed by atoms with Gasteiger partial charge in [-0.2, -0.15) is 0 Å². The van der Waals surface area contributed by atoms with Crippen LogP contribution in [0.5, 0.6) is 0 Å². The van der Waals surface area contributed by atoms with Crippen molar-refractivity contribution in [3.63, 3.8) is 0 Å². The Morgan fingerprint density at radius 3 is 2.38 bits per heavy atom. The molecule has 0 unspecified atom stereocenters. The van der Waals surface area contributed by atoms with Crippen LogP contribution in [0.2, 0.25) is 0 Å². The SMILES string of the molecule is O=C1[C@@H]2[C@H]3C[C@@H]([C@@H]2C(=O)N1c1ccc(F)cc1)[C@H]1[C@@H]3Sc2[nH]c(=O)sc2C12CCCCC2. The van der Waals surface area contributed by atoms with Crippen molar-refractivity contribution in [3.05, 3.63) is 44.6 Å². The van der Waals surface area contributed by atoms with E-state index < -0.39 is 0 Å². The van der Waals surface area contributed by atoms with E-state index in [0.717, 1.165) is 37.1 Å². The van der Waals surface area contributed by atoms with Gasteiger partial charge in [-0.3, -0.25) is 19.3 Å². The van der Waals surface area contributed by atoms with Crippen molar-refractivity contribution >= 4 is 40.6 Å². The normalized spacial score (nSPS) is 36.5. The fourth-order valence-electron chi connectivity index (χ4n) is 7.92. The number of thiazole rings is 1. The Morgan fingerprint density at radius 1 is 0.969 bits per heavy atom. The number of rotatable bonds is 1. The van der Waals surface area contributed by atoms with Gasteiger partial charge in [-0.1, -0.05) is 30.6 Å². The molecule has 1 aromatic heterocycles. The van der Waals surface area contributed by atoms with Gasteiger partial charge in [0.25, 0.3) is 0 Å². The topological polar surface area (TPSA) is 70.2 Å². The number of carbonyl (C=O) groups excluding carboxylic acids is 2. The van der Waals surface area contributed by atoms with Crippen LogP contribution in [0, 0.1) is 35.4 Å². The number of aromatic amines is 1. The zero-order valence-corrected chi connectivity index (χ0v) is 19.0. The molecule has 7 rings (SSSR count). The highest BCUT2D eigenvalue weighted by atomic mass is 32.2. The molecule has 166 valence electrons. The Morgan fingerprint density at radius 2 is 1.66 bits per heavy atom. The van der Waals surface area contributed by atoms with Crippen molar-refractivity contribution in [2.45, 2.75) is 54.2 Å². The predicted molar refractivity (Wildman–Crippen MR) is 120 cm³/mol. The molecule has 2 aliphatic heterocycles. The van der Waals surface area contributed by atoms with Crippen LogP contribution in [0.1, 0.15) is 43.4 Å². The molecule has 8 heteroatoms. The van der Waals surface area contributed by atoms with E-state index in [9.17, 15) is 18.8 Å². The van der Waals surface area contributed by atoms with Gasteiger partial charge in [0, 0.05) is 15.5 Å². The van der Waals surface area contributed by atoms with Crippen LogP contribution in [-0.2, 0) is 15.0 Å². The van der Waals surface area contributed by atoms with Crippen LogP contribution in [-0.4, -0.2) is 22.0 Å². The second-order valence-electron chi connectivity index (χ2n) is 10.1. The molecule has 1 spiro atoms. The maximum absolute atomic E-state index is 13.6. The maximum Gasteiger partial charge on any atom is 0.305 e. The van der Waals surface area contributed by atoms with E-state index in [0.29, 0.717) is 11.6 Å². The van der Waals surface area contributed by atoms with E-state index >= 15 is 0 Å². The zero-order valence-electron chi connectivity index (χ0n) is 17.4. The van der Waals surface area contributed by atoms with Gasteiger partial charge in [0.2, 0.25) is 11.8 Å². The molecule has 5 aliphatic rings. The van der Waals surface area contributed by atoms with Crippen LogP contribution in [0.25, 0.3) is 0 Å². The monoisotopic (exact) mass is 470 g/mol. The number of nitrogens with one attached hydrogen (secondary N) is 1. The van der Waals surface area contributed by atoms with E-state index in [2.05, 4.69) is 4.98 Å². The fourth-order valence-corrected chi connectivity index (χ4v) is 11.1. The van der Waals surface area contributed by atoms with Crippen molar-refractivity contribution in [1.29, 1.82) is 0 Å². The third kappa shape index (κ3) is 2.32. The molecule has 2 amide bonds. The lowest BCUT2D eigenvalue weighted by molar-refractivity contribution is -0.123. The van der Waals surface area contributed by atoms with E-state index in [1.54, 1.807) is 11.8 Å². The number of thioether (sulfide) groups is 1. The van der Waals surface area contributed by atoms with Crippen LogP contribution < -0.4 is 9.77 Å². The summed E-state index contributed by atoms with van der Waals surface area (Å²) in [4.78, 5) is 45.1. The van der Waals surface area contributed by atoms with Crippen molar-refractivity contribution in [3.8, 4) is 0 Å². The van der Waals surface area contributed by atoms with Crippen molar-refractivity contribution < 1.29 is 14.0 Å². The number of nitrogens with zero attached hydrogens (tertiary/aromatic N) is 1. The van der Waals surface area contributed by atoms with Gasteiger partial charge < -0.3 is 4.98 Å². The van der Waals surface area contributed by atoms with E-state index in [1.807, 2.05) is 0 Å². The summed E-state index contributed by atoms with van der Waals surface area (Å²) >= 11 is 3.12. The second kappa shape index (κ2) is 6.56. The zero-order chi connectivity index (χ0) is 21.8. The first-order valence-corrected chi connectivity index (χ1v) is 13.2. The summed E-state index contributed by atoms with van der Waals surface area (Å²) in [5.41, 5.74) is 0.436. The van der Waals surface area contributed by atoms with Crippen LogP contribution >= 0.6 is 23.1 Å². The van der Waals surface area contributed by atoms with E-state index in [-0.39, 0.29) is 56.8 Å². The summed E-state index contributed by atoms with van der Waals surface area (Å²) in [5, 5.41) is 1.28. The molecule has 6 atom stereocenters. The molecule has 1 N–H and O–H groups in total. The average Bonchev–Trinajstić information content (AvgIpc) is 3.51. The van der Waals surface area contributed by atoms with Crippen LogP contribution in [0.3, 0.4) is 0 Å². The number of hydrogen-bond donors (Lipinski definition) is 1. The minimum atomic E-state index is -0.380. The van der Waals surface area contributed by atoms with Crippen LogP contribution in [0.4, 0.5) is 10.1 Å². The number of imide groups is 1. The van der Waals surface area contributed by atoms with Gasteiger partial charge >= 0.3 is 4.87 Å². The Kier molecular flexibility index (Phi) is 4.01. The first-order chi connectivity index (χ1) is 15.5. The number of H-pyrrole nitrogens is 1. The fraction of sp³-hybridized carbons (Fsp3) is 0.542. The van der Waals surface area contributed by atoms with E-state index in [1.165, 1.54) is 51.8 Å². The standard InChI is InChI=1S/C24H23FN2O3S2/c25-11-4-6-12(7-5-11)27-21(28)15-13-10-14(16(15)22(27)29)18-17(13)24(8-2-1-3-9-24)19-20(31-18)26-23(30)32-19/h4-7,13-18H,1-3,8-10H2,(H,26,30)/t13-,14+,15-,16+,17-,18+/m0/s1. The molecule has 32 heavy (non-hydrogen) atoms. The number of carbonyl (C=O) groups is 2. The average molecular weight is 471 g/mol. The number of anilines is 1. The molecule has 3 aliphatic carbocycles. The lowest BCUT2D eigenvalue weighted by atomic mass is 9.57. The number of halogens is 1. The summed E-state index contributed by atoms with van der Waals surface area (Å²) in [5.74, 6) is -0.528. The van der Waals surface area contributed by atoms with Crippen LogP contribution in [0.15, 0.2) is 34.1 Å². The van der Waals surface area contributed by atoms with Gasteiger partial charge in [-0.05, 0) is 61.3 Å². The van der Waals surface area contributed by atoms with Crippen molar-refractivity contribution in [2.24, 2.45) is 29.6 Å². The van der Waals surface area contributed by atoms with Crippen molar-refractivity contribution in [2.75, 3.05) is 4.90 Å². The van der Waals surface area contributed by atoms with Gasteiger partial charge in [-0.25, -0.2) is 4.39 Å². The molecule has 3 heterocycles. The summed E-state index contributed by atoms with van der Waals surface area (Å²) < 4.78 is 13.4. The number of amides is 2. The molecule has 1 saturated heterocycles. The Bertz CT molecular complexity index is 1200. The summed E-state index contributed by atoms with van der Waals surface area (Å²) in [6.07, 6.45) is 6.59. The molecular weight excluding hydrogens is 447 g/mol. The highest BCUT2D eigenvalue weighted by Gasteiger charge is 2.72. The Labute approximate surface area is 192 Å². The largest absolute Gasteiger partial charge is 0.307 e. The molecule has 2 bridgehead atoms. The highest BCUT2D eigenvalue weighted by molar-refractivity contribution is 8.00. The first-order valence-electron chi connectivity index (χ1n) is 11.5. The van der Waals surface area contributed by atoms with E-state index in [4.69, 9.17) is 0 Å². The summed E-state index contributed by atoms with van der Waals surface area (Å²) in [7, 11) is 0. The van der Waals surface area contributed by atoms with Crippen molar-refractivity contribution in [1.82, 2.24) is 4.98 Å². The minimum absolute atomic E-state index is 0.00889. The Hall–Kier alpha value is -1.93. The van der Waals surface area contributed by atoms with Gasteiger partial charge in [0.15, 0.2) is 0 Å². The molecule has 3 saturated carbocycles. The maximum atomic E-state index is 13.6. The minimum Gasteiger partial charge on any atom is -0.307 e. The second-order valence-corrected chi connectivity index (χ2v) is 12.3. The lowest BCUT2D eigenvalue weighted by Gasteiger charge is -2.52. The number of fused-ring (bicyclic) bond motifs is 11. The lowest BCUT2D eigenvalue weighted by Crippen LogP contribution is -2.51. The first kappa shape index (κ1) is 19.5. The van der Waals surface area contributed by atoms with Gasteiger partial charge in [0.1, 0.15) is 5.82 Å².